The third kappa shape index (κ3) is 1.74. The van der Waals surface area contributed by atoms with Crippen molar-refractivity contribution in [3.05, 3.63) is 24.3 Å². The van der Waals surface area contributed by atoms with Crippen molar-refractivity contribution in [3.8, 4) is 5.75 Å². The zero-order valence-corrected chi connectivity index (χ0v) is 6.84. The Morgan fingerprint density at radius 3 is 2.22 bits per heavy atom. The Kier molecular flexibility index (Phi) is 2.15. The van der Waals surface area contributed by atoms with Crippen molar-refractivity contribution >= 4 is 20.5 Å². The quantitative estimate of drug-likeness (QED) is 0.580. The molecule has 0 aliphatic carbocycles. The molecule has 1 nitrogen and oxygen atoms in total. The van der Waals surface area contributed by atoms with Crippen LogP contribution in [0.3, 0.4) is 0 Å². The van der Waals surface area contributed by atoms with Crippen LogP contribution < -0.4 is 9.20 Å². The second-order valence-electron chi connectivity index (χ2n) is 1.68. The molecule has 0 saturated carbocycles. The standard InChI is InChI=1S/C7H7OSe/c1-8-6-2-4-7(9)5-3-6/h2-5H,1H3. The zero-order chi connectivity index (χ0) is 6.69. The van der Waals surface area contributed by atoms with Crippen LogP contribution in [0.25, 0.3) is 0 Å². The summed E-state index contributed by atoms with van der Waals surface area (Å²) in [6.07, 6.45) is 0. The summed E-state index contributed by atoms with van der Waals surface area (Å²) < 4.78 is 6.09. The molecular weight excluding hydrogens is 179 g/mol. The Labute approximate surface area is 62.8 Å². The van der Waals surface area contributed by atoms with Crippen LogP contribution in [0, 0.1) is 0 Å². The average Bonchev–Trinajstić information content (AvgIpc) is 1.90. The molecule has 0 aromatic heterocycles. The van der Waals surface area contributed by atoms with E-state index in [1.54, 1.807) is 7.11 Å². The van der Waals surface area contributed by atoms with E-state index in [0.29, 0.717) is 0 Å². The molecule has 0 atom stereocenters. The Hall–Kier alpha value is -0.461. The Morgan fingerprint density at radius 1 is 1.22 bits per heavy atom. The second-order valence-corrected chi connectivity index (χ2v) is 2.66. The van der Waals surface area contributed by atoms with Crippen LogP contribution in [0.15, 0.2) is 24.3 Å². The number of methoxy groups -OCH3 is 1. The number of rotatable bonds is 1. The van der Waals surface area contributed by atoms with Gasteiger partial charge in [0.2, 0.25) is 0 Å². The molecule has 0 saturated heterocycles. The van der Waals surface area contributed by atoms with Crippen LogP contribution in [0.4, 0.5) is 0 Å². The van der Waals surface area contributed by atoms with Crippen LogP contribution >= 0.6 is 0 Å². The van der Waals surface area contributed by atoms with Gasteiger partial charge >= 0.3 is 62.3 Å². The van der Waals surface area contributed by atoms with Gasteiger partial charge in [-0.15, -0.1) is 0 Å². The van der Waals surface area contributed by atoms with Crippen LogP contribution in [-0.2, 0) is 0 Å². The van der Waals surface area contributed by atoms with E-state index in [-0.39, 0.29) is 0 Å². The fourth-order valence-electron chi connectivity index (χ4n) is 0.576. The zero-order valence-electron chi connectivity index (χ0n) is 5.13. The number of ether oxygens (including phenoxy) is 1. The van der Waals surface area contributed by atoms with Gasteiger partial charge in [-0.2, -0.15) is 0 Å². The molecular formula is C7H7OSe. The fourth-order valence-corrected chi connectivity index (χ4v) is 0.861. The maximum atomic E-state index is 4.96. The van der Waals surface area contributed by atoms with Crippen LogP contribution in [0.2, 0.25) is 0 Å². The van der Waals surface area contributed by atoms with Gasteiger partial charge in [-0.05, 0) is 0 Å². The number of hydrogen-bond donors (Lipinski definition) is 0. The summed E-state index contributed by atoms with van der Waals surface area (Å²) in [7, 11) is 1.66. The summed E-state index contributed by atoms with van der Waals surface area (Å²) in [6.45, 7) is 0. The van der Waals surface area contributed by atoms with Crippen molar-refractivity contribution < 1.29 is 4.74 Å². The monoisotopic (exact) mass is 187 g/mol. The summed E-state index contributed by atoms with van der Waals surface area (Å²) in [6, 6.07) is 7.79. The molecule has 0 heterocycles. The van der Waals surface area contributed by atoms with E-state index in [1.807, 2.05) is 24.3 Å². The first-order valence-corrected chi connectivity index (χ1v) is 3.49. The first kappa shape index (κ1) is 6.66. The molecule has 0 bridgehead atoms. The summed E-state index contributed by atoms with van der Waals surface area (Å²) >= 11 is 2.90. The summed E-state index contributed by atoms with van der Waals surface area (Å²) in [5, 5.41) is 0. The molecule has 1 radical (unpaired) electrons. The molecule has 9 heavy (non-hydrogen) atoms. The molecule has 0 fully saturated rings. The van der Waals surface area contributed by atoms with Crippen molar-refractivity contribution in [2.45, 2.75) is 0 Å². The van der Waals surface area contributed by atoms with Gasteiger partial charge < -0.3 is 0 Å². The van der Waals surface area contributed by atoms with E-state index in [9.17, 15) is 0 Å². The van der Waals surface area contributed by atoms with Gasteiger partial charge in [-0.3, -0.25) is 0 Å². The SMILES string of the molecule is COc1ccc([Se])cc1. The summed E-state index contributed by atoms with van der Waals surface area (Å²) in [5.74, 6) is 0.897. The summed E-state index contributed by atoms with van der Waals surface area (Å²) in [5.41, 5.74) is 0. The normalized spacial score (nSPS) is 9.00. The van der Waals surface area contributed by atoms with Gasteiger partial charge in [0.25, 0.3) is 0 Å². The number of hydrogen-bond acceptors (Lipinski definition) is 1. The average molecular weight is 186 g/mol. The van der Waals surface area contributed by atoms with Crippen molar-refractivity contribution in [2.75, 3.05) is 7.11 Å². The van der Waals surface area contributed by atoms with E-state index < -0.39 is 0 Å². The van der Waals surface area contributed by atoms with Gasteiger partial charge in [0, 0.05) is 0 Å². The minimum atomic E-state index is 0.897. The molecule has 1 aromatic rings. The van der Waals surface area contributed by atoms with Crippen molar-refractivity contribution in [1.29, 1.82) is 0 Å². The predicted molar refractivity (Wildman–Crippen MR) is 38.4 cm³/mol. The molecule has 0 amide bonds. The molecule has 0 N–H and O–H groups in total. The Bertz CT molecular complexity index is 181. The van der Waals surface area contributed by atoms with E-state index >= 15 is 0 Å². The third-order valence-electron chi connectivity index (χ3n) is 1.06. The maximum absolute atomic E-state index is 4.96. The fraction of sp³-hybridized carbons (Fsp3) is 0.143. The summed E-state index contributed by atoms with van der Waals surface area (Å²) in [4.78, 5) is 0. The first-order chi connectivity index (χ1) is 4.33. The van der Waals surface area contributed by atoms with Gasteiger partial charge in [0.15, 0.2) is 0 Å². The molecule has 0 aliphatic heterocycles. The van der Waals surface area contributed by atoms with Crippen molar-refractivity contribution in [1.82, 2.24) is 0 Å². The van der Waals surface area contributed by atoms with Gasteiger partial charge in [0.05, 0.1) is 0 Å². The second kappa shape index (κ2) is 2.90. The van der Waals surface area contributed by atoms with Crippen molar-refractivity contribution in [2.24, 2.45) is 0 Å². The third-order valence-corrected chi connectivity index (χ3v) is 1.63. The van der Waals surface area contributed by atoms with Gasteiger partial charge in [-0.25, -0.2) is 0 Å². The van der Waals surface area contributed by atoms with Gasteiger partial charge in [0.1, 0.15) is 0 Å². The minimum absolute atomic E-state index is 0.897. The van der Waals surface area contributed by atoms with Crippen LogP contribution in [-0.4, -0.2) is 23.1 Å². The molecule has 0 unspecified atom stereocenters. The molecule has 1 aromatic carbocycles. The first-order valence-electron chi connectivity index (χ1n) is 2.64. The predicted octanol–water partition coefficient (Wildman–Crippen LogP) is 0.489. The molecule has 0 spiro atoms. The van der Waals surface area contributed by atoms with E-state index in [2.05, 4.69) is 16.0 Å². The Morgan fingerprint density at radius 2 is 1.78 bits per heavy atom. The van der Waals surface area contributed by atoms with Crippen LogP contribution in [0.1, 0.15) is 0 Å². The van der Waals surface area contributed by atoms with Crippen molar-refractivity contribution in [3.63, 3.8) is 0 Å². The van der Waals surface area contributed by atoms with E-state index in [4.69, 9.17) is 4.74 Å². The van der Waals surface area contributed by atoms with Crippen LogP contribution in [0.5, 0.6) is 5.75 Å². The molecule has 47 valence electrons. The number of benzene rings is 1. The Balaban J connectivity index is 2.88. The molecule has 2 heteroatoms. The molecule has 0 aliphatic rings. The van der Waals surface area contributed by atoms with Gasteiger partial charge in [-0.1, -0.05) is 0 Å². The molecule has 1 rings (SSSR count). The van der Waals surface area contributed by atoms with E-state index in [0.717, 1.165) is 10.2 Å². The van der Waals surface area contributed by atoms with E-state index in [1.165, 1.54) is 0 Å². The topological polar surface area (TPSA) is 9.23 Å².